The summed E-state index contributed by atoms with van der Waals surface area (Å²) >= 11 is 0. The molecule has 0 unspecified atom stereocenters. The van der Waals surface area contributed by atoms with Gasteiger partial charge in [-0.05, 0) is 51.8 Å². The molecule has 0 radical (unpaired) electrons. The van der Waals surface area contributed by atoms with Crippen molar-refractivity contribution in [3.8, 4) is 5.75 Å². The molecule has 1 aromatic heterocycles. The van der Waals surface area contributed by atoms with Crippen LogP contribution in [-0.2, 0) is 11.0 Å². The van der Waals surface area contributed by atoms with Crippen molar-refractivity contribution in [2.75, 3.05) is 6.54 Å². The summed E-state index contributed by atoms with van der Waals surface area (Å²) in [5.41, 5.74) is 2.00. The monoisotopic (exact) mass is 340 g/mol. The summed E-state index contributed by atoms with van der Waals surface area (Å²) in [5.74, 6) is 0.158. The van der Waals surface area contributed by atoms with Gasteiger partial charge in [0.05, 0.1) is 0 Å². The average molecular weight is 340 g/mol. The number of hydrogen-bond donors (Lipinski definition) is 3. The Bertz CT molecular complexity index is 697. The summed E-state index contributed by atoms with van der Waals surface area (Å²) in [4.78, 5) is 23.3. The molecule has 0 atom stereocenters. The second-order valence-electron chi connectivity index (χ2n) is 6.28. The fraction of sp³-hybridized carbons (Fsp3) is 0.500. The number of aromatic nitrogens is 1. The third kappa shape index (κ3) is 4.82. The third-order valence-electron chi connectivity index (χ3n) is 3.93. The van der Waals surface area contributed by atoms with Crippen molar-refractivity contribution in [3.63, 3.8) is 0 Å². The lowest BCUT2D eigenvalue weighted by atomic mass is 10.1. The van der Waals surface area contributed by atoms with Gasteiger partial charge in [0, 0.05) is 41.8 Å². The van der Waals surface area contributed by atoms with Gasteiger partial charge in [0.15, 0.2) is 0 Å². The Kier molecular flexibility index (Phi) is 5.53. The maximum absolute atomic E-state index is 10.9. The summed E-state index contributed by atoms with van der Waals surface area (Å²) in [6.07, 6.45) is 2.86. The zero-order valence-corrected chi connectivity index (χ0v) is 14.9. The molecule has 2 rings (SSSR count). The Hall–Kier alpha value is -1.33. The minimum Gasteiger partial charge on any atom is -0.404 e. The fourth-order valence-electron chi connectivity index (χ4n) is 2.93. The number of phosphoric ester groups is 1. The van der Waals surface area contributed by atoms with E-state index >= 15 is 0 Å². The molecule has 0 fully saturated rings. The molecular formula is C16H25N2O4P. The predicted molar refractivity (Wildman–Crippen MR) is 91.7 cm³/mol. The summed E-state index contributed by atoms with van der Waals surface area (Å²) in [6, 6.07) is 6.01. The molecule has 128 valence electrons. The first kappa shape index (κ1) is 18.0. The van der Waals surface area contributed by atoms with E-state index in [0.29, 0.717) is 12.1 Å². The van der Waals surface area contributed by atoms with Crippen molar-refractivity contribution in [2.45, 2.75) is 46.2 Å². The topological polar surface area (TPSA) is 85.8 Å². The van der Waals surface area contributed by atoms with Gasteiger partial charge in [-0.25, -0.2) is 4.57 Å². The van der Waals surface area contributed by atoms with Gasteiger partial charge in [0.1, 0.15) is 5.75 Å². The zero-order chi connectivity index (χ0) is 17.2. The summed E-state index contributed by atoms with van der Waals surface area (Å²) in [5, 5.41) is 1.05. The molecule has 0 aliphatic carbocycles. The maximum Gasteiger partial charge on any atom is 0.524 e. The van der Waals surface area contributed by atoms with Gasteiger partial charge < -0.3 is 9.51 Å². The van der Waals surface area contributed by atoms with E-state index in [2.05, 4.69) is 42.1 Å². The average Bonchev–Trinajstić information content (AvgIpc) is 2.78. The van der Waals surface area contributed by atoms with Gasteiger partial charge in [-0.2, -0.15) is 0 Å². The van der Waals surface area contributed by atoms with Crippen LogP contribution in [0.2, 0.25) is 0 Å². The lowest BCUT2D eigenvalue weighted by Gasteiger charge is -2.30. The van der Waals surface area contributed by atoms with Crippen LogP contribution in [0.3, 0.4) is 0 Å². The summed E-state index contributed by atoms with van der Waals surface area (Å²) < 4.78 is 15.5. The number of rotatable bonds is 7. The van der Waals surface area contributed by atoms with Crippen LogP contribution >= 0.6 is 7.82 Å². The molecular weight excluding hydrogens is 315 g/mol. The number of fused-ring (bicyclic) bond motifs is 1. The van der Waals surface area contributed by atoms with Crippen LogP contribution in [-0.4, -0.2) is 38.3 Å². The highest BCUT2D eigenvalue weighted by atomic mass is 31.2. The van der Waals surface area contributed by atoms with Gasteiger partial charge in [-0.3, -0.25) is 14.7 Å². The van der Waals surface area contributed by atoms with Crippen LogP contribution < -0.4 is 4.52 Å². The molecule has 23 heavy (non-hydrogen) atoms. The molecule has 1 heterocycles. The van der Waals surface area contributed by atoms with E-state index < -0.39 is 7.82 Å². The molecule has 3 N–H and O–H groups in total. The molecule has 1 aromatic carbocycles. The maximum atomic E-state index is 10.9. The third-order valence-corrected chi connectivity index (χ3v) is 4.38. The van der Waals surface area contributed by atoms with Gasteiger partial charge in [0.2, 0.25) is 0 Å². The highest BCUT2D eigenvalue weighted by molar-refractivity contribution is 7.46. The van der Waals surface area contributed by atoms with Crippen molar-refractivity contribution < 1.29 is 18.9 Å². The van der Waals surface area contributed by atoms with E-state index in [-0.39, 0.29) is 5.75 Å². The van der Waals surface area contributed by atoms with Crippen molar-refractivity contribution in [1.29, 1.82) is 0 Å². The van der Waals surface area contributed by atoms with E-state index in [1.165, 1.54) is 5.56 Å². The van der Waals surface area contributed by atoms with Crippen molar-refractivity contribution >= 4 is 18.7 Å². The highest BCUT2D eigenvalue weighted by Gasteiger charge is 2.17. The normalized spacial score (nSPS) is 12.7. The molecule has 0 amide bonds. The molecule has 0 saturated carbocycles. The molecule has 2 aromatic rings. The van der Waals surface area contributed by atoms with Crippen LogP contribution in [0.25, 0.3) is 10.9 Å². The van der Waals surface area contributed by atoms with Gasteiger partial charge in [-0.1, -0.05) is 0 Å². The first-order chi connectivity index (χ1) is 10.7. The van der Waals surface area contributed by atoms with Crippen LogP contribution in [0.4, 0.5) is 0 Å². The van der Waals surface area contributed by atoms with Gasteiger partial charge in [-0.15, -0.1) is 0 Å². The van der Waals surface area contributed by atoms with Crippen LogP contribution in [0.5, 0.6) is 5.75 Å². The van der Waals surface area contributed by atoms with E-state index in [4.69, 9.17) is 9.79 Å². The Labute approximate surface area is 136 Å². The second kappa shape index (κ2) is 7.05. The largest absolute Gasteiger partial charge is 0.524 e. The zero-order valence-electron chi connectivity index (χ0n) is 14.0. The number of phosphoric acid groups is 1. The Morgan fingerprint density at radius 1 is 1.22 bits per heavy atom. The molecule has 0 saturated heterocycles. The van der Waals surface area contributed by atoms with Crippen LogP contribution in [0.1, 0.15) is 33.3 Å². The number of nitrogens with one attached hydrogen (secondary N) is 1. The predicted octanol–water partition coefficient (Wildman–Crippen LogP) is 3.30. The van der Waals surface area contributed by atoms with E-state index in [9.17, 15) is 4.57 Å². The minimum atomic E-state index is -4.53. The van der Waals surface area contributed by atoms with E-state index in [1.54, 1.807) is 12.1 Å². The Morgan fingerprint density at radius 2 is 1.87 bits per heavy atom. The standard InChI is InChI=1S/C16H25N2O4P/c1-11(2)18(12(3)4)8-7-13-10-17-16-9-14(5-6-15(13)16)22-23(19,20)21/h5-6,9-12,17H,7-8H2,1-4H3,(H2,19,20,21). The smallest absolute Gasteiger partial charge is 0.404 e. The molecule has 0 spiro atoms. The highest BCUT2D eigenvalue weighted by Crippen LogP contribution is 2.38. The Morgan fingerprint density at radius 3 is 2.43 bits per heavy atom. The van der Waals surface area contributed by atoms with Crippen molar-refractivity contribution in [3.05, 3.63) is 30.0 Å². The fourth-order valence-corrected chi connectivity index (χ4v) is 3.32. The number of benzene rings is 1. The molecule has 0 aliphatic rings. The number of hydrogen-bond acceptors (Lipinski definition) is 3. The van der Waals surface area contributed by atoms with Crippen molar-refractivity contribution in [2.24, 2.45) is 0 Å². The summed E-state index contributed by atoms with van der Waals surface area (Å²) in [6.45, 7) is 9.74. The second-order valence-corrected chi connectivity index (χ2v) is 7.44. The van der Waals surface area contributed by atoms with Gasteiger partial charge >= 0.3 is 7.82 Å². The quantitative estimate of drug-likeness (QED) is 0.673. The van der Waals surface area contributed by atoms with Crippen molar-refractivity contribution in [1.82, 2.24) is 9.88 Å². The Balaban J connectivity index is 2.15. The molecule has 7 heteroatoms. The van der Waals surface area contributed by atoms with E-state index in [1.807, 2.05) is 12.3 Å². The molecule has 0 aliphatic heterocycles. The lowest BCUT2D eigenvalue weighted by molar-refractivity contribution is 0.177. The van der Waals surface area contributed by atoms with E-state index in [0.717, 1.165) is 23.9 Å². The number of H-pyrrole nitrogens is 1. The van der Waals surface area contributed by atoms with Crippen LogP contribution in [0.15, 0.2) is 24.4 Å². The molecule has 6 nitrogen and oxygen atoms in total. The number of nitrogens with zero attached hydrogens (tertiary/aromatic N) is 1. The SMILES string of the molecule is CC(C)N(CCc1c[nH]c2cc(OP(=O)(O)O)ccc12)C(C)C. The van der Waals surface area contributed by atoms with Gasteiger partial charge in [0.25, 0.3) is 0 Å². The number of aromatic amines is 1. The first-order valence-electron chi connectivity index (χ1n) is 7.78. The lowest BCUT2D eigenvalue weighted by Crippen LogP contribution is -2.38. The minimum absolute atomic E-state index is 0.158. The summed E-state index contributed by atoms with van der Waals surface area (Å²) in [7, 11) is -4.53. The van der Waals surface area contributed by atoms with Crippen LogP contribution in [0, 0.1) is 0 Å². The first-order valence-corrected chi connectivity index (χ1v) is 9.31. The molecule has 0 bridgehead atoms.